The number of hydrogen-bond acceptors (Lipinski definition) is 5. The lowest BCUT2D eigenvalue weighted by molar-refractivity contribution is 0.395. The largest absolute Gasteiger partial charge is 0.497 e. The van der Waals surface area contributed by atoms with Gasteiger partial charge in [0, 0.05) is 23.6 Å². The molecule has 1 aromatic heterocycles. The van der Waals surface area contributed by atoms with Crippen LogP contribution in [0.1, 0.15) is 18.3 Å². The molecule has 0 saturated carbocycles. The van der Waals surface area contributed by atoms with Gasteiger partial charge < -0.3 is 15.2 Å². The van der Waals surface area contributed by atoms with Crippen molar-refractivity contribution in [2.75, 3.05) is 20.0 Å². The molecule has 2 N–H and O–H groups in total. The molecule has 2 aromatic rings. The molecule has 20 heavy (non-hydrogen) atoms. The second kappa shape index (κ2) is 5.77. The first-order valence-corrected chi connectivity index (χ1v) is 6.46. The second-order valence-corrected chi connectivity index (χ2v) is 4.42. The molecule has 0 aliphatic heterocycles. The monoisotopic (exact) mass is 273 g/mol. The van der Waals surface area contributed by atoms with Crippen LogP contribution in [0.25, 0.3) is 11.3 Å². The van der Waals surface area contributed by atoms with E-state index in [1.54, 1.807) is 14.2 Å². The molecular weight excluding hydrogens is 254 g/mol. The summed E-state index contributed by atoms with van der Waals surface area (Å²) < 4.78 is 10.6. The lowest BCUT2D eigenvalue weighted by Crippen LogP contribution is -2.05. The SMILES string of the molecule is CCc1nc(N)c(C)c(-c2ccc(OC)cc2OC)n1. The lowest BCUT2D eigenvalue weighted by Gasteiger charge is -2.13. The summed E-state index contributed by atoms with van der Waals surface area (Å²) >= 11 is 0. The van der Waals surface area contributed by atoms with Gasteiger partial charge in [-0.05, 0) is 19.1 Å². The fourth-order valence-electron chi connectivity index (χ4n) is 2.00. The van der Waals surface area contributed by atoms with Crippen LogP contribution in [0.2, 0.25) is 0 Å². The smallest absolute Gasteiger partial charge is 0.131 e. The average Bonchev–Trinajstić information content (AvgIpc) is 2.49. The quantitative estimate of drug-likeness (QED) is 0.927. The summed E-state index contributed by atoms with van der Waals surface area (Å²) in [5.74, 6) is 2.67. The number of rotatable bonds is 4. The molecule has 2 rings (SSSR count). The molecule has 1 heterocycles. The van der Waals surface area contributed by atoms with Gasteiger partial charge in [0.2, 0.25) is 0 Å². The van der Waals surface area contributed by atoms with E-state index in [0.29, 0.717) is 11.6 Å². The molecule has 106 valence electrons. The number of hydrogen-bond donors (Lipinski definition) is 1. The van der Waals surface area contributed by atoms with Crippen LogP contribution >= 0.6 is 0 Å². The van der Waals surface area contributed by atoms with E-state index in [-0.39, 0.29) is 0 Å². The Bertz CT molecular complexity index is 627. The summed E-state index contributed by atoms with van der Waals surface area (Å²) in [4.78, 5) is 8.84. The third kappa shape index (κ3) is 2.52. The van der Waals surface area contributed by atoms with Gasteiger partial charge in [0.25, 0.3) is 0 Å². The molecule has 0 amide bonds. The van der Waals surface area contributed by atoms with Gasteiger partial charge in [-0.1, -0.05) is 6.92 Å². The predicted molar refractivity (Wildman–Crippen MR) is 79.1 cm³/mol. The topological polar surface area (TPSA) is 70.3 Å². The first-order chi connectivity index (χ1) is 9.60. The summed E-state index contributed by atoms with van der Waals surface area (Å²) in [6, 6.07) is 5.63. The molecule has 5 heteroatoms. The van der Waals surface area contributed by atoms with Gasteiger partial charge in [0.05, 0.1) is 19.9 Å². The zero-order valence-corrected chi connectivity index (χ0v) is 12.2. The third-order valence-corrected chi connectivity index (χ3v) is 3.21. The summed E-state index contributed by atoms with van der Waals surface area (Å²) in [7, 11) is 3.25. The van der Waals surface area contributed by atoms with Gasteiger partial charge in [-0.15, -0.1) is 0 Å². The van der Waals surface area contributed by atoms with Crippen LogP contribution in [-0.2, 0) is 6.42 Å². The molecule has 0 bridgehead atoms. The molecule has 0 spiro atoms. The molecule has 0 unspecified atom stereocenters. The summed E-state index contributed by atoms with van der Waals surface area (Å²) in [6.45, 7) is 3.91. The van der Waals surface area contributed by atoms with Crippen molar-refractivity contribution in [3.63, 3.8) is 0 Å². The molecule has 0 aliphatic carbocycles. The fourth-order valence-corrected chi connectivity index (χ4v) is 2.00. The van der Waals surface area contributed by atoms with E-state index < -0.39 is 0 Å². The number of aromatic nitrogens is 2. The van der Waals surface area contributed by atoms with Crippen molar-refractivity contribution in [2.45, 2.75) is 20.3 Å². The Hall–Kier alpha value is -2.30. The minimum Gasteiger partial charge on any atom is -0.497 e. The van der Waals surface area contributed by atoms with E-state index in [9.17, 15) is 0 Å². The molecular formula is C15H19N3O2. The molecule has 5 nitrogen and oxygen atoms in total. The number of aryl methyl sites for hydroxylation is 1. The van der Waals surface area contributed by atoms with Crippen molar-refractivity contribution >= 4 is 5.82 Å². The molecule has 0 radical (unpaired) electrons. The summed E-state index contributed by atoms with van der Waals surface area (Å²) in [5, 5.41) is 0. The number of benzene rings is 1. The Kier molecular flexibility index (Phi) is 4.08. The Balaban J connectivity index is 2.64. The first kappa shape index (κ1) is 14.1. The summed E-state index contributed by atoms with van der Waals surface area (Å²) in [6.07, 6.45) is 0.732. The van der Waals surface area contributed by atoms with Crippen LogP contribution in [0.3, 0.4) is 0 Å². The molecule has 0 fully saturated rings. The van der Waals surface area contributed by atoms with Gasteiger partial charge in [-0.2, -0.15) is 0 Å². The second-order valence-electron chi connectivity index (χ2n) is 4.42. The normalized spacial score (nSPS) is 10.4. The minimum absolute atomic E-state index is 0.504. The number of ether oxygens (including phenoxy) is 2. The van der Waals surface area contributed by atoms with Crippen LogP contribution < -0.4 is 15.2 Å². The van der Waals surface area contributed by atoms with Gasteiger partial charge in [-0.3, -0.25) is 0 Å². The maximum Gasteiger partial charge on any atom is 0.131 e. The van der Waals surface area contributed by atoms with Crippen molar-refractivity contribution in [1.82, 2.24) is 9.97 Å². The molecule has 1 aromatic carbocycles. The number of anilines is 1. The zero-order chi connectivity index (χ0) is 14.7. The highest BCUT2D eigenvalue weighted by Crippen LogP contribution is 2.35. The van der Waals surface area contributed by atoms with E-state index in [0.717, 1.165) is 34.8 Å². The van der Waals surface area contributed by atoms with Gasteiger partial charge >= 0.3 is 0 Å². The predicted octanol–water partition coefficient (Wildman–Crippen LogP) is 2.61. The summed E-state index contributed by atoms with van der Waals surface area (Å²) in [5.41, 5.74) is 8.50. The van der Waals surface area contributed by atoms with Crippen LogP contribution in [0.15, 0.2) is 18.2 Å². The van der Waals surface area contributed by atoms with Crippen molar-refractivity contribution < 1.29 is 9.47 Å². The Morgan fingerprint density at radius 2 is 1.90 bits per heavy atom. The fraction of sp³-hybridized carbons (Fsp3) is 0.333. The number of methoxy groups -OCH3 is 2. The Morgan fingerprint density at radius 1 is 1.15 bits per heavy atom. The van der Waals surface area contributed by atoms with Crippen molar-refractivity contribution in [2.24, 2.45) is 0 Å². The van der Waals surface area contributed by atoms with E-state index in [1.165, 1.54) is 0 Å². The number of nitrogen functional groups attached to an aromatic ring is 1. The zero-order valence-electron chi connectivity index (χ0n) is 12.2. The maximum atomic E-state index is 5.97. The first-order valence-electron chi connectivity index (χ1n) is 6.46. The highest BCUT2D eigenvalue weighted by Gasteiger charge is 2.14. The van der Waals surface area contributed by atoms with Crippen LogP contribution in [-0.4, -0.2) is 24.2 Å². The van der Waals surface area contributed by atoms with Crippen LogP contribution in [0.4, 0.5) is 5.82 Å². The van der Waals surface area contributed by atoms with E-state index in [2.05, 4.69) is 9.97 Å². The van der Waals surface area contributed by atoms with Crippen molar-refractivity contribution in [3.8, 4) is 22.8 Å². The molecule has 0 aliphatic rings. The lowest BCUT2D eigenvalue weighted by atomic mass is 10.1. The maximum absolute atomic E-state index is 5.97. The van der Waals surface area contributed by atoms with E-state index in [1.807, 2.05) is 32.0 Å². The van der Waals surface area contributed by atoms with Gasteiger partial charge in [-0.25, -0.2) is 9.97 Å². The van der Waals surface area contributed by atoms with Crippen LogP contribution in [0.5, 0.6) is 11.5 Å². The Morgan fingerprint density at radius 3 is 2.50 bits per heavy atom. The number of nitrogens with two attached hydrogens (primary N) is 1. The number of nitrogens with zero attached hydrogens (tertiary/aromatic N) is 2. The Labute approximate surface area is 118 Å². The highest BCUT2D eigenvalue weighted by atomic mass is 16.5. The van der Waals surface area contributed by atoms with Crippen molar-refractivity contribution in [3.05, 3.63) is 29.6 Å². The van der Waals surface area contributed by atoms with Crippen LogP contribution in [0, 0.1) is 6.92 Å². The van der Waals surface area contributed by atoms with E-state index >= 15 is 0 Å². The molecule has 0 atom stereocenters. The third-order valence-electron chi connectivity index (χ3n) is 3.21. The molecule has 0 saturated heterocycles. The van der Waals surface area contributed by atoms with Crippen molar-refractivity contribution in [1.29, 1.82) is 0 Å². The average molecular weight is 273 g/mol. The van der Waals surface area contributed by atoms with Gasteiger partial charge in [0.15, 0.2) is 0 Å². The standard InChI is InChI=1S/C15H19N3O2/c1-5-13-17-14(9(2)15(16)18-13)11-7-6-10(19-3)8-12(11)20-4/h6-8H,5H2,1-4H3,(H2,16,17,18). The van der Waals surface area contributed by atoms with Gasteiger partial charge in [0.1, 0.15) is 23.1 Å². The highest BCUT2D eigenvalue weighted by molar-refractivity contribution is 5.73. The van der Waals surface area contributed by atoms with E-state index in [4.69, 9.17) is 15.2 Å². The minimum atomic E-state index is 0.504.